The van der Waals surface area contributed by atoms with E-state index in [4.69, 9.17) is 0 Å². The lowest BCUT2D eigenvalue weighted by Gasteiger charge is -2.05. The number of nitrogens with zero attached hydrogens (tertiary/aromatic N) is 3. The molecule has 0 radical (unpaired) electrons. The van der Waals surface area contributed by atoms with Gasteiger partial charge in [-0.3, -0.25) is 14.5 Å². The fourth-order valence-electron chi connectivity index (χ4n) is 2.37. The number of amides is 2. The van der Waals surface area contributed by atoms with E-state index >= 15 is 0 Å². The summed E-state index contributed by atoms with van der Waals surface area (Å²) in [7, 11) is 0. The summed E-state index contributed by atoms with van der Waals surface area (Å²) in [6.07, 6.45) is 0. The Kier molecular flexibility index (Phi) is 1.58. The fraction of sp³-hybridized carbons (Fsp3) is 0.0769. The van der Waals surface area contributed by atoms with E-state index in [0.29, 0.717) is 17.1 Å². The Labute approximate surface area is 102 Å². The van der Waals surface area contributed by atoms with Crippen LogP contribution < -0.4 is 0 Å². The smallest absolute Gasteiger partial charge is 0.267 e. The number of amidine groups is 1. The van der Waals surface area contributed by atoms with Gasteiger partial charge in [0.2, 0.25) is 0 Å². The third kappa shape index (κ3) is 1.05. The number of para-hydroxylation sites is 1. The van der Waals surface area contributed by atoms with Crippen molar-refractivity contribution in [2.75, 3.05) is 6.54 Å². The van der Waals surface area contributed by atoms with Crippen LogP contribution in [0.2, 0.25) is 0 Å². The van der Waals surface area contributed by atoms with Crippen molar-refractivity contribution >= 4 is 28.6 Å². The molecular formula is C13H7N3O2. The molecule has 18 heavy (non-hydrogen) atoms. The molecule has 2 aliphatic rings. The van der Waals surface area contributed by atoms with Crippen molar-refractivity contribution in [3.05, 3.63) is 41.6 Å². The molecule has 0 N–H and O–H groups in total. The van der Waals surface area contributed by atoms with Gasteiger partial charge >= 0.3 is 0 Å². The second-order valence-electron chi connectivity index (χ2n) is 4.30. The number of aliphatic imine (C=N–C) groups is 1. The van der Waals surface area contributed by atoms with Crippen molar-refractivity contribution in [2.24, 2.45) is 4.99 Å². The van der Waals surface area contributed by atoms with Gasteiger partial charge in [-0.15, -0.1) is 0 Å². The first kappa shape index (κ1) is 9.47. The minimum atomic E-state index is -0.293. The van der Waals surface area contributed by atoms with Crippen LogP contribution in [0.4, 0.5) is 0 Å². The predicted octanol–water partition coefficient (Wildman–Crippen LogP) is 0.977. The van der Waals surface area contributed by atoms with Crippen molar-refractivity contribution in [3.63, 3.8) is 0 Å². The lowest BCUT2D eigenvalue weighted by Crippen LogP contribution is -2.28. The summed E-state index contributed by atoms with van der Waals surface area (Å²) in [6, 6.07) is 9.38. The van der Waals surface area contributed by atoms with Crippen LogP contribution >= 0.6 is 0 Å². The highest BCUT2D eigenvalue weighted by Gasteiger charge is 2.40. The molecule has 0 saturated carbocycles. The number of benzene rings is 1. The van der Waals surface area contributed by atoms with Crippen molar-refractivity contribution in [1.82, 2.24) is 9.88 Å². The van der Waals surface area contributed by atoms with E-state index < -0.39 is 0 Å². The number of carbonyl (C=O) groups excluding carboxylic acids is 2. The molecule has 5 nitrogen and oxygen atoms in total. The van der Waals surface area contributed by atoms with Gasteiger partial charge in [0.25, 0.3) is 11.8 Å². The van der Waals surface area contributed by atoms with Gasteiger partial charge in [-0.1, -0.05) is 18.2 Å². The van der Waals surface area contributed by atoms with Crippen LogP contribution in [0.5, 0.6) is 0 Å². The summed E-state index contributed by atoms with van der Waals surface area (Å²) in [5, 5.41) is 0.915. The molecule has 2 aromatic rings. The van der Waals surface area contributed by atoms with Crippen molar-refractivity contribution in [3.8, 4) is 0 Å². The molecule has 4 rings (SSSR count). The molecule has 0 fully saturated rings. The number of fused-ring (bicyclic) bond motifs is 4. The maximum absolute atomic E-state index is 12.1. The van der Waals surface area contributed by atoms with E-state index in [0.717, 1.165) is 10.9 Å². The van der Waals surface area contributed by atoms with Crippen molar-refractivity contribution in [1.29, 1.82) is 0 Å². The standard InChI is InChI=1S/C13H7N3O2/c17-10-6-16-12(15-10)11-8(13(16)18)5-7-3-1-2-4-9(7)14-11/h1-5H,6H2. The summed E-state index contributed by atoms with van der Waals surface area (Å²) in [5.74, 6) is -0.0856. The zero-order valence-electron chi connectivity index (χ0n) is 9.25. The van der Waals surface area contributed by atoms with Crippen LogP contribution in [0, 0.1) is 0 Å². The molecule has 86 valence electrons. The second kappa shape index (κ2) is 3.01. The van der Waals surface area contributed by atoms with Gasteiger partial charge in [-0.05, 0) is 12.1 Å². The highest BCUT2D eigenvalue weighted by molar-refractivity contribution is 6.28. The lowest BCUT2D eigenvalue weighted by atomic mass is 10.1. The Bertz CT molecular complexity index is 764. The molecular weight excluding hydrogens is 230 g/mol. The van der Waals surface area contributed by atoms with Crippen LogP contribution in [0.25, 0.3) is 10.9 Å². The molecule has 0 aliphatic carbocycles. The molecule has 2 aliphatic heterocycles. The van der Waals surface area contributed by atoms with Gasteiger partial charge < -0.3 is 0 Å². The average Bonchev–Trinajstić information content (AvgIpc) is 2.87. The first-order valence-electron chi connectivity index (χ1n) is 5.57. The van der Waals surface area contributed by atoms with Crippen LogP contribution in [0.3, 0.4) is 0 Å². The lowest BCUT2D eigenvalue weighted by molar-refractivity contribution is -0.116. The van der Waals surface area contributed by atoms with E-state index in [2.05, 4.69) is 9.98 Å². The first-order valence-corrected chi connectivity index (χ1v) is 5.57. The van der Waals surface area contributed by atoms with E-state index in [1.807, 2.05) is 30.3 Å². The van der Waals surface area contributed by atoms with E-state index in [1.54, 1.807) is 0 Å². The monoisotopic (exact) mass is 237 g/mol. The van der Waals surface area contributed by atoms with Gasteiger partial charge in [0, 0.05) is 5.39 Å². The van der Waals surface area contributed by atoms with Gasteiger partial charge in [0.1, 0.15) is 12.2 Å². The fourth-order valence-corrected chi connectivity index (χ4v) is 2.37. The summed E-state index contributed by atoms with van der Waals surface area (Å²) >= 11 is 0. The van der Waals surface area contributed by atoms with E-state index in [9.17, 15) is 9.59 Å². The molecule has 0 unspecified atom stereocenters. The largest absolute Gasteiger partial charge is 0.281 e. The minimum absolute atomic E-state index is 0.0286. The summed E-state index contributed by atoms with van der Waals surface area (Å²) in [5.41, 5.74) is 1.84. The molecule has 0 spiro atoms. The third-order valence-corrected chi connectivity index (χ3v) is 3.19. The number of rotatable bonds is 0. The molecule has 1 aromatic heterocycles. The highest BCUT2D eigenvalue weighted by Crippen LogP contribution is 2.27. The van der Waals surface area contributed by atoms with E-state index in [-0.39, 0.29) is 18.4 Å². The number of hydrogen-bond acceptors (Lipinski definition) is 3. The second-order valence-corrected chi connectivity index (χ2v) is 4.30. The van der Waals surface area contributed by atoms with Gasteiger partial charge in [-0.25, -0.2) is 4.98 Å². The predicted molar refractivity (Wildman–Crippen MR) is 64.3 cm³/mol. The zero-order chi connectivity index (χ0) is 12.3. The topological polar surface area (TPSA) is 62.6 Å². The minimum Gasteiger partial charge on any atom is -0.281 e. The Morgan fingerprint density at radius 2 is 2.00 bits per heavy atom. The summed E-state index contributed by atoms with van der Waals surface area (Å²) in [4.78, 5) is 33.1. The molecule has 2 amide bonds. The summed E-state index contributed by atoms with van der Waals surface area (Å²) in [6.45, 7) is 0.0286. The maximum Gasteiger partial charge on any atom is 0.267 e. The number of hydrogen-bond donors (Lipinski definition) is 0. The molecule has 0 bridgehead atoms. The molecule has 5 heteroatoms. The quantitative estimate of drug-likeness (QED) is 0.686. The zero-order valence-corrected chi connectivity index (χ0v) is 9.25. The first-order chi connectivity index (χ1) is 8.74. The SMILES string of the molecule is O=C1CN2C(=O)c3cc4ccccc4nc3C2=N1. The van der Waals surface area contributed by atoms with Gasteiger partial charge in [-0.2, -0.15) is 4.99 Å². The Hall–Kier alpha value is -2.56. The van der Waals surface area contributed by atoms with Gasteiger partial charge in [0.15, 0.2) is 5.84 Å². The van der Waals surface area contributed by atoms with Crippen LogP contribution in [0.15, 0.2) is 35.3 Å². The van der Waals surface area contributed by atoms with Crippen LogP contribution in [-0.4, -0.2) is 34.1 Å². The maximum atomic E-state index is 12.1. The molecule has 0 atom stereocenters. The molecule has 0 saturated heterocycles. The molecule has 3 heterocycles. The third-order valence-electron chi connectivity index (χ3n) is 3.19. The van der Waals surface area contributed by atoms with Gasteiger partial charge in [0.05, 0.1) is 11.1 Å². The Morgan fingerprint density at radius 3 is 2.89 bits per heavy atom. The van der Waals surface area contributed by atoms with E-state index in [1.165, 1.54) is 4.90 Å². The average molecular weight is 237 g/mol. The van der Waals surface area contributed by atoms with Crippen LogP contribution in [-0.2, 0) is 4.79 Å². The normalized spacial score (nSPS) is 17.1. The number of carbonyl (C=O) groups is 2. The van der Waals surface area contributed by atoms with Crippen molar-refractivity contribution < 1.29 is 9.59 Å². The van der Waals surface area contributed by atoms with Crippen molar-refractivity contribution in [2.45, 2.75) is 0 Å². The van der Waals surface area contributed by atoms with Crippen LogP contribution in [0.1, 0.15) is 16.1 Å². The number of pyridine rings is 1. The Balaban J connectivity index is 2.07. The molecule has 1 aromatic carbocycles. The highest BCUT2D eigenvalue weighted by atomic mass is 16.2. The summed E-state index contributed by atoms with van der Waals surface area (Å²) < 4.78 is 0. The number of aromatic nitrogens is 1. The Morgan fingerprint density at radius 1 is 1.17 bits per heavy atom.